The molecule has 1 aliphatic rings. The van der Waals surface area contributed by atoms with Gasteiger partial charge in [-0.3, -0.25) is 9.79 Å². The third-order valence-corrected chi connectivity index (χ3v) is 4.26. The predicted molar refractivity (Wildman–Crippen MR) is 101 cm³/mol. The first kappa shape index (κ1) is 17.0. The number of fused-ring (bicyclic) bond motifs is 1. The molecule has 2 aromatic carbocycles. The van der Waals surface area contributed by atoms with Gasteiger partial charge in [-0.2, -0.15) is 0 Å². The Labute approximate surface area is 147 Å². The molecule has 0 saturated heterocycles. The highest BCUT2D eigenvalue weighted by Crippen LogP contribution is 2.32. The largest absolute Gasteiger partial charge is 0.295 e. The normalized spacial score (nSPS) is 17.2. The molecular formula is C22H20FNO. The minimum atomic E-state index is -0.270. The van der Waals surface area contributed by atoms with Crippen LogP contribution in [0.25, 0.3) is 5.57 Å². The quantitative estimate of drug-likeness (QED) is 0.719. The van der Waals surface area contributed by atoms with Gasteiger partial charge in [-0.1, -0.05) is 29.8 Å². The number of allylic oxidation sites excluding steroid dienone is 2. The number of rotatable bonds is 2. The molecule has 0 aromatic heterocycles. The summed E-state index contributed by atoms with van der Waals surface area (Å²) in [6, 6.07) is 12.6. The third kappa shape index (κ3) is 3.50. The molecule has 0 aliphatic carbocycles. The van der Waals surface area contributed by atoms with Gasteiger partial charge in [0, 0.05) is 11.1 Å². The second kappa shape index (κ2) is 6.98. The highest BCUT2D eigenvalue weighted by atomic mass is 19.1. The number of hydrogen-bond acceptors (Lipinski definition) is 2. The van der Waals surface area contributed by atoms with Crippen molar-refractivity contribution in [3.05, 3.63) is 88.3 Å². The number of carbonyl (C=O) groups excluding carboxylic acids is 1. The van der Waals surface area contributed by atoms with Crippen LogP contribution in [0.5, 0.6) is 0 Å². The van der Waals surface area contributed by atoms with E-state index in [1.54, 1.807) is 25.1 Å². The summed E-state index contributed by atoms with van der Waals surface area (Å²) in [6.07, 6.45) is 3.68. The average molecular weight is 333 g/mol. The molecule has 1 heterocycles. The molecular weight excluding hydrogens is 313 g/mol. The summed E-state index contributed by atoms with van der Waals surface area (Å²) in [4.78, 5) is 16.4. The Bertz CT molecular complexity index is 918. The van der Waals surface area contributed by atoms with Crippen molar-refractivity contribution in [2.75, 3.05) is 6.54 Å². The minimum Gasteiger partial charge on any atom is -0.295 e. The molecule has 3 rings (SSSR count). The van der Waals surface area contributed by atoms with Gasteiger partial charge < -0.3 is 0 Å². The summed E-state index contributed by atoms with van der Waals surface area (Å²) in [5.41, 5.74) is 6.80. The first-order valence-corrected chi connectivity index (χ1v) is 8.29. The molecule has 0 saturated carbocycles. The maximum Gasteiger partial charge on any atom is 0.152 e. The highest BCUT2D eigenvalue weighted by molar-refractivity contribution is 6.17. The van der Waals surface area contributed by atoms with E-state index >= 15 is 0 Å². The fourth-order valence-corrected chi connectivity index (χ4v) is 3.16. The van der Waals surface area contributed by atoms with E-state index in [0.717, 1.165) is 39.1 Å². The summed E-state index contributed by atoms with van der Waals surface area (Å²) in [6.45, 7) is 5.98. The van der Waals surface area contributed by atoms with Crippen molar-refractivity contribution in [2.45, 2.75) is 20.8 Å². The van der Waals surface area contributed by atoms with Crippen LogP contribution in [-0.4, -0.2) is 18.0 Å². The summed E-state index contributed by atoms with van der Waals surface area (Å²) < 4.78 is 13.3. The second-order valence-electron chi connectivity index (χ2n) is 6.20. The lowest BCUT2D eigenvalue weighted by atomic mass is 9.89. The molecule has 126 valence electrons. The molecule has 0 unspecified atom stereocenters. The van der Waals surface area contributed by atoms with Crippen LogP contribution in [0.1, 0.15) is 36.1 Å². The summed E-state index contributed by atoms with van der Waals surface area (Å²) >= 11 is 0. The smallest absolute Gasteiger partial charge is 0.152 e. The van der Waals surface area contributed by atoms with Crippen LogP contribution in [0.15, 0.2) is 65.2 Å². The Morgan fingerprint density at radius 2 is 1.84 bits per heavy atom. The van der Waals surface area contributed by atoms with E-state index in [2.05, 4.69) is 6.07 Å². The van der Waals surface area contributed by atoms with Gasteiger partial charge in [0.25, 0.3) is 0 Å². The van der Waals surface area contributed by atoms with Crippen LogP contribution in [0, 0.1) is 12.7 Å². The van der Waals surface area contributed by atoms with Crippen molar-refractivity contribution in [1.82, 2.24) is 0 Å². The zero-order valence-electron chi connectivity index (χ0n) is 14.6. The molecule has 1 aliphatic heterocycles. The van der Waals surface area contributed by atoms with Gasteiger partial charge in [0.15, 0.2) is 5.78 Å². The number of aliphatic imine (C=N–C) groups is 1. The Morgan fingerprint density at radius 1 is 1.12 bits per heavy atom. The molecule has 0 spiro atoms. The van der Waals surface area contributed by atoms with Crippen molar-refractivity contribution in [3.8, 4) is 0 Å². The average Bonchev–Trinajstić information content (AvgIpc) is 2.71. The van der Waals surface area contributed by atoms with Crippen molar-refractivity contribution in [1.29, 1.82) is 0 Å². The van der Waals surface area contributed by atoms with E-state index in [4.69, 9.17) is 4.99 Å². The van der Waals surface area contributed by atoms with E-state index in [0.29, 0.717) is 6.54 Å². The fourth-order valence-electron chi connectivity index (χ4n) is 3.16. The van der Waals surface area contributed by atoms with Gasteiger partial charge in [-0.25, -0.2) is 4.39 Å². The lowest BCUT2D eigenvalue weighted by molar-refractivity contribution is -0.112. The summed E-state index contributed by atoms with van der Waals surface area (Å²) in [7, 11) is 0. The van der Waals surface area contributed by atoms with Gasteiger partial charge in [-0.05, 0) is 67.8 Å². The van der Waals surface area contributed by atoms with E-state index in [-0.39, 0.29) is 11.6 Å². The van der Waals surface area contributed by atoms with Gasteiger partial charge in [-0.15, -0.1) is 0 Å². The summed E-state index contributed by atoms with van der Waals surface area (Å²) in [5, 5.41) is 0. The monoisotopic (exact) mass is 333 g/mol. The zero-order valence-corrected chi connectivity index (χ0v) is 14.6. The Hall–Kier alpha value is -2.81. The molecule has 0 radical (unpaired) electrons. The van der Waals surface area contributed by atoms with Crippen LogP contribution in [0.4, 0.5) is 4.39 Å². The maximum atomic E-state index is 13.3. The number of benzene rings is 2. The van der Waals surface area contributed by atoms with Crippen LogP contribution in [0.3, 0.4) is 0 Å². The van der Waals surface area contributed by atoms with E-state index in [9.17, 15) is 9.18 Å². The number of nitrogens with zero attached hydrogens (tertiary/aromatic N) is 1. The molecule has 2 nitrogen and oxygen atoms in total. The van der Waals surface area contributed by atoms with E-state index < -0.39 is 0 Å². The highest BCUT2D eigenvalue weighted by Gasteiger charge is 2.20. The van der Waals surface area contributed by atoms with Crippen molar-refractivity contribution >= 4 is 17.1 Å². The molecule has 0 amide bonds. The molecule has 0 fully saturated rings. The van der Waals surface area contributed by atoms with Gasteiger partial charge in [0.2, 0.25) is 0 Å². The van der Waals surface area contributed by atoms with Gasteiger partial charge in [0.1, 0.15) is 5.82 Å². The van der Waals surface area contributed by atoms with Gasteiger partial charge >= 0.3 is 0 Å². The predicted octanol–water partition coefficient (Wildman–Crippen LogP) is 4.90. The van der Waals surface area contributed by atoms with E-state index in [1.807, 2.05) is 32.1 Å². The first-order chi connectivity index (χ1) is 12.0. The Balaban J connectivity index is 2.26. The SMILES string of the molecule is C/C=C1\C(=C/C(C)=O)CN=C(c2ccc(F)cc2)c2ccc(C)cc21. The number of hydrogen-bond donors (Lipinski definition) is 0. The maximum absolute atomic E-state index is 13.3. The molecule has 25 heavy (non-hydrogen) atoms. The standard InChI is InChI=1S/C22H20FNO/c1-4-19-17(12-15(3)25)13-24-22(16-6-8-18(23)9-7-16)20-10-5-14(2)11-21(19)20/h4-12H,13H2,1-3H3/b17-12-,19-4+. The molecule has 0 bridgehead atoms. The lowest BCUT2D eigenvalue weighted by Crippen LogP contribution is -2.06. The lowest BCUT2D eigenvalue weighted by Gasteiger charge is -2.13. The third-order valence-electron chi connectivity index (χ3n) is 4.26. The molecule has 0 N–H and O–H groups in total. The molecule has 3 heteroatoms. The van der Waals surface area contributed by atoms with Crippen LogP contribution in [0.2, 0.25) is 0 Å². The van der Waals surface area contributed by atoms with Gasteiger partial charge in [0.05, 0.1) is 12.3 Å². The molecule has 0 atom stereocenters. The summed E-state index contributed by atoms with van der Waals surface area (Å²) in [5.74, 6) is -0.266. The zero-order chi connectivity index (χ0) is 18.0. The van der Waals surface area contributed by atoms with Crippen molar-refractivity contribution in [2.24, 2.45) is 4.99 Å². The minimum absolute atomic E-state index is 0.00369. The topological polar surface area (TPSA) is 29.4 Å². The Kier molecular flexibility index (Phi) is 4.75. The van der Waals surface area contributed by atoms with Crippen LogP contribution < -0.4 is 0 Å². The number of ketones is 1. The number of halogens is 1. The van der Waals surface area contributed by atoms with E-state index in [1.165, 1.54) is 12.1 Å². The Morgan fingerprint density at radius 3 is 2.48 bits per heavy atom. The number of aryl methyl sites for hydroxylation is 1. The molecule has 2 aromatic rings. The van der Waals surface area contributed by atoms with Crippen LogP contribution in [-0.2, 0) is 4.79 Å². The van der Waals surface area contributed by atoms with Crippen molar-refractivity contribution in [3.63, 3.8) is 0 Å². The van der Waals surface area contributed by atoms with Crippen molar-refractivity contribution < 1.29 is 9.18 Å². The van der Waals surface area contributed by atoms with Crippen LogP contribution >= 0.6 is 0 Å². The second-order valence-corrected chi connectivity index (χ2v) is 6.20. The first-order valence-electron chi connectivity index (χ1n) is 8.29. The number of carbonyl (C=O) groups is 1. The fraction of sp³-hybridized carbons (Fsp3) is 0.182.